The summed E-state index contributed by atoms with van der Waals surface area (Å²) < 4.78 is 29.1. The predicted octanol–water partition coefficient (Wildman–Crippen LogP) is 0.426. The highest BCUT2D eigenvalue weighted by Crippen LogP contribution is 2.20. The van der Waals surface area contributed by atoms with Crippen LogP contribution in [0.5, 0.6) is 0 Å². The Labute approximate surface area is 127 Å². The number of nitro benzene ring substituents is 1. The van der Waals surface area contributed by atoms with Gasteiger partial charge in [-0.3, -0.25) is 14.9 Å². The number of ether oxygens (including phenoxy) is 1. The zero-order chi connectivity index (χ0) is 16.3. The molecule has 0 unspecified atom stereocenters. The first-order valence-electron chi connectivity index (χ1n) is 6.46. The number of methoxy groups -OCH3 is 1. The number of non-ortho nitro benzene ring substituents is 1. The van der Waals surface area contributed by atoms with Gasteiger partial charge in [0.15, 0.2) is 0 Å². The normalized spacial score (nSPS) is 19.0. The van der Waals surface area contributed by atoms with Gasteiger partial charge in [0.2, 0.25) is 0 Å². The monoisotopic (exact) mass is 329 g/mol. The summed E-state index contributed by atoms with van der Waals surface area (Å²) in [7, 11) is -2.68. The number of sulfonamides is 1. The van der Waals surface area contributed by atoms with E-state index in [1.54, 1.807) is 0 Å². The van der Waals surface area contributed by atoms with Gasteiger partial charge in [0.25, 0.3) is 15.7 Å². The first-order valence-corrected chi connectivity index (χ1v) is 7.95. The number of rotatable bonds is 5. The van der Waals surface area contributed by atoms with Crippen molar-refractivity contribution in [1.82, 2.24) is 9.84 Å². The second-order valence-electron chi connectivity index (χ2n) is 4.72. The molecular weight excluding hydrogens is 314 g/mol. The fourth-order valence-electron chi connectivity index (χ4n) is 2.21. The van der Waals surface area contributed by atoms with Crippen LogP contribution in [0, 0.1) is 10.1 Å². The number of carbonyl (C=O) groups is 1. The van der Waals surface area contributed by atoms with E-state index < -0.39 is 27.0 Å². The summed E-state index contributed by atoms with van der Waals surface area (Å²) in [6.07, 6.45) is 1.15. The zero-order valence-corrected chi connectivity index (χ0v) is 12.6. The van der Waals surface area contributed by atoms with Gasteiger partial charge >= 0.3 is 5.97 Å². The molecule has 1 aliphatic heterocycles. The molecule has 0 bridgehead atoms. The Balaban J connectivity index is 2.16. The molecule has 1 aliphatic rings. The molecule has 0 radical (unpaired) electrons. The number of hydrazine groups is 1. The Kier molecular flexibility index (Phi) is 4.74. The van der Waals surface area contributed by atoms with Gasteiger partial charge in [0.1, 0.15) is 6.04 Å². The van der Waals surface area contributed by atoms with E-state index in [0.29, 0.717) is 19.4 Å². The first kappa shape index (κ1) is 16.3. The minimum atomic E-state index is -3.92. The maximum Gasteiger partial charge on any atom is 0.324 e. The van der Waals surface area contributed by atoms with E-state index >= 15 is 0 Å². The summed E-state index contributed by atoms with van der Waals surface area (Å²) >= 11 is 0. The molecule has 0 aromatic heterocycles. The molecular formula is C12H15N3O6S. The molecule has 1 aromatic rings. The summed E-state index contributed by atoms with van der Waals surface area (Å²) in [5, 5.41) is 11.9. The standard InChI is InChI=1S/C12H15N3O6S/c1-21-12(16)11-3-2-8-14(11)13-22(19,20)10-6-4-9(5-7-10)15(17)18/h4-7,11,13H,2-3,8H2,1H3/t11-/m0/s1. The van der Waals surface area contributed by atoms with E-state index in [-0.39, 0.29) is 10.6 Å². The quantitative estimate of drug-likeness (QED) is 0.472. The second kappa shape index (κ2) is 6.38. The fourth-order valence-corrected chi connectivity index (χ4v) is 3.34. The number of hydrogen-bond acceptors (Lipinski definition) is 7. The van der Waals surface area contributed by atoms with Crippen molar-refractivity contribution >= 4 is 21.7 Å². The van der Waals surface area contributed by atoms with Gasteiger partial charge in [-0.1, -0.05) is 0 Å². The van der Waals surface area contributed by atoms with Crippen LogP contribution in [-0.4, -0.2) is 44.0 Å². The molecule has 1 saturated heterocycles. The van der Waals surface area contributed by atoms with Gasteiger partial charge in [0.05, 0.1) is 16.9 Å². The number of nitrogens with one attached hydrogen (secondary N) is 1. The van der Waals surface area contributed by atoms with Crippen LogP contribution in [0.2, 0.25) is 0 Å². The van der Waals surface area contributed by atoms with Crippen molar-refractivity contribution in [1.29, 1.82) is 0 Å². The molecule has 120 valence electrons. The Morgan fingerprint density at radius 2 is 2.05 bits per heavy atom. The second-order valence-corrected chi connectivity index (χ2v) is 6.38. The van der Waals surface area contributed by atoms with E-state index in [9.17, 15) is 23.3 Å². The summed E-state index contributed by atoms with van der Waals surface area (Å²) in [4.78, 5) is 23.8. The highest BCUT2D eigenvalue weighted by molar-refractivity contribution is 7.89. The lowest BCUT2D eigenvalue weighted by Gasteiger charge is -2.22. The fraction of sp³-hybridized carbons (Fsp3) is 0.417. The van der Waals surface area contributed by atoms with Crippen molar-refractivity contribution in [3.63, 3.8) is 0 Å². The Hall–Kier alpha value is -2.04. The van der Waals surface area contributed by atoms with Crippen LogP contribution < -0.4 is 4.83 Å². The van der Waals surface area contributed by atoms with E-state index in [4.69, 9.17) is 0 Å². The summed E-state index contributed by atoms with van der Waals surface area (Å²) in [5.74, 6) is -0.510. The van der Waals surface area contributed by atoms with Crippen LogP contribution in [-0.2, 0) is 19.6 Å². The van der Waals surface area contributed by atoms with Crippen LogP contribution in [0.4, 0.5) is 5.69 Å². The highest BCUT2D eigenvalue weighted by atomic mass is 32.2. The van der Waals surface area contributed by atoms with Gasteiger partial charge < -0.3 is 4.74 Å². The average Bonchev–Trinajstić information content (AvgIpc) is 2.94. The van der Waals surface area contributed by atoms with Crippen LogP contribution in [0.1, 0.15) is 12.8 Å². The molecule has 9 nitrogen and oxygen atoms in total. The van der Waals surface area contributed by atoms with Gasteiger partial charge in [-0.15, -0.1) is 4.83 Å². The largest absolute Gasteiger partial charge is 0.468 e. The molecule has 0 spiro atoms. The number of benzene rings is 1. The molecule has 2 rings (SSSR count). The van der Waals surface area contributed by atoms with Crippen molar-refractivity contribution < 1.29 is 22.9 Å². The maximum absolute atomic E-state index is 12.3. The third kappa shape index (κ3) is 3.40. The highest BCUT2D eigenvalue weighted by Gasteiger charge is 2.34. The predicted molar refractivity (Wildman–Crippen MR) is 75.2 cm³/mol. The van der Waals surface area contributed by atoms with Gasteiger partial charge in [-0.2, -0.15) is 0 Å². The zero-order valence-electron chi connectivity index (χ0n) is 11.8. The van der Waals surface area contributed by atoms with E-state index in [2.05, 4.69) is 9.57 Å². The molecule has 1 fully saturated rings. The number of nitrogens with zero attached hydrogens (tertiary/aromatic N) is 2. The van der Waals surface area contributed by atoms with Crippen molar-refractivity contribution in [3.05, 3.63) is 34.4 Å². The number of carbonyl (C=O) groups excluding carboxylic acids is 1. The van der Waals surface area contributed by atoms with E-state index in [0.717, 1.165) is 24.3 Å². The molecule has 1 aromatic carbocycles. The van der Waals surface area contributed by atoms with Crippen molar-refractivity contribution in [2.75, 3.05) is 13.7 Å². The molecule has 1 N–H and O–H groups in total. The van der Waals surface area contributed by atoms with Gasteiger partial charge in [-0.25, -0.2) is 13.4 Å². The lowest BCUT2D eigenvalue weighted by molar-refractivity contribution is -0.384. The summed E-state index contributed by atoms with van der Waals surface area (Å²) in [6, 6.07) is 3.83. The maximum atomic E-state index is 12.3. The molecule has 0 saturated carbocycles. The lowest BCUT2D eigenvalue weighted by atomic mass is 10.2. The smallest absolute Gasteiger partial charge is 0.324 e. The lowest BCUT2D eigenvalue weighted by Crippen LogP contribution is -2.48. The average molecular weight is 329 g/mol. The number of nitro groups is 1. The first-order chi connectivity index (χ1) is 10.3. The summed E-state index contributed by atoms with van der Waals surface area (Å²) in [5.41, 5.74) is -0.201. The van der Waals surface area contributed by atoms with Crippen molar-refractivity contribution in [2.45, 2.75) is 23.8 Å². The van der Waals surface area contributed by atoms with Crippen molar-refractivity contribution in [2.24, 2.45) is 0 Å². The third-order valence-electron chi connectivity index (χ3n) is 3.32. The molecule has 0 aliphatic carbocycles. The molecule has 22 heavy (non-hydrogen) atoms. The SMILES string of the molecule is COC(=O)[C@@H]1CCCN1NS(=O)(=O)c1ccc([N+](=O)[O-])cc1. The Morgan fingerprint density at radius 3 is 2.59 bits per heavy atom. The summed E-state index contributed by atoms with van der Waals surface area (Å²) in [6.45, 7) is 0.381. The number of esters is 1. The van der Waals surface area contributed by atoms with Crippen molar-refractivity contribution in [3.8, 4) is 0 Å². The Morgan fingerprint density at radius 1 is 1.41 bits per heavy atom. The van der Waals surface area contributed by atoms with Crippen LogP contribution in [0.3, 0.4) is 0 Å². The van der Waals surface area contributed by atoms with Crippen LogP contribution in [0.25, 0.3) is 0 Å². The third-order valence-corrected chi connectivity index (χ3v) is 4.69. The van der Waals surface area contributed by atoms with Gasteiger partial charge in [0, 0.05) is 18.7 Å². The minimum Gasteiger partial charge on any atom is -0.468 e. The molecule has 1 heterocycles. The van der Waals surface area contributed by atoms with E-state index in [1.807, 2.05) is 0 Å². The topological polar surface area (TPSA) is 119 Å². The van der Waals surface area contributed by atoms with Gasteiger partial charge in [-0.05, 0) is 25.0 Å². The molecule has 10 heteroatoms. The Bertz CT molecular complexity index is 673. The molecule has 0 amide bonds. The minimum absolute atomic E-state index is 0.117. The molecule has 1 atom stereocenters. The number of hydrogen-bond donors (Lipinski definition) is 1. The van der Waals surface area contributed by atoms with E-state index in [1.165, 1.54) is 12.1 Å². The van der Waals surface area contributed by atoms with Crippen LogP contribution in [0.15, 0.2) is 29.2 Å². The van der Waals surface area contributed by atoms with Crippen LogP contribution >= 0.6 is 0 Å².